The van der Waals surface area contributed by atoms with Crippen molar-refractivity contribution in [3.05, 3.63) is 29.3 Å². The molecule has 174 valence electrons. The van der Waals surface area contributed by atoms with Crippen LogP contribution in [0.15, 0.2) is 18.2 Å². The second kappa shape index (κ2) is 7.98. The van der Waals surface area contributed by atoms with Crippen molar-refractivity contribution < 1.29 is 33.5 Å². The maximum absolute atomic E-state index is 13.0. The van der Waals surface area contributed by atoms with E-state index >= 15 is 0 Å². The lowest BCUT2D eigenvalue weighted by molar-refractivity contribution is -0.136. The van der Waals surface area contributed by atoms with Gasteiger partial charge in [-0.1, -0.05) is 0 Å². The Morgan fingerprint density at radius 3 is 2.36 bits per heavy atom. The van der Waals surface area contributed by atoms with E-state index in [4.69, 9.17) is 4.74 Å². The minimum Gasteiger partial charge on any atom is -0.444 e. The Morgan fingerprint density at radius 1 is 1.03 bits per heavy atom. The number of benzene rings is 1. The molecule has 2 saturated heterocycles. The lowest BCUT2D eigenvalue weighted by Gasteiger charge is -2.35. The van der Waals surface area contributed by atoms with E-state index < -0.39 is 41.4 Å². The van der Waals surface area contributed by atoms with Gasteiger partial charge in [0.05, 0.1) is 11.1 Å². The number of piperazine rings is 1. The number of nitrogens with zero attached hydrogens (tertiary/aromatic N) is 3. The fourth-order valence-electron chi connectivity index (χ4n) is 4.06. The Morgan fingerprint density at radius 2 is 1.73 bits per heavy atom. The van der Waals surface area contributed by atoms with Crippen LogP contribution in [0.1, 0.15) is 54.3 Å². The van der Waals surface area contributed by atoms with Gasteiger partial charge in [0, 0.05) is 25.2 Å². The summed E-state index contributed by atoms with van der Waals surface area (Å²) in [5.41, 5.74) is -0.0508. The highest BCUT2D eigenvalue weighted by Crippen LogP contribution is 2.31. The molecule has 1 atom stereocenters. The number of imide groups is 2. The molecule has 0 bridgehead atoms. The van der Waals surface area contributed by atoms with E-state index in [0.29, 0.717) is 5.69 Å². The van der Waals surface area contributed by atoms with Crippen LogP contribution in [0.4, 0.5) is 10.5 Å². The molecule has 0 aliphatic carbocycles. The molecule has 0 radical (unpaired) electrons. The van der Waals surface area contributed by atoms with Gasteiger partial charge in [0.2, 0.25) is 17.7 Å². The van der Waals surface area contributed by atoms with Gasteiger partial charge in [-0.15, -0.1) is 0 Å². The largest absolute Gasteiger partial charge is 0.444 e. The molecule has 11 nitrogen and oxygen atoms in total. The zero-order valence-corrected chi connectivity index (χ0v) is 18.5. The standard InChI is InChI=1S/C22H24N4O7/c1-22(2,3)33-21(32)24-8-9-25(17(28)11-24)12-4-5-13-14(10-12)20(31)26(19(13)30)15-6-7-16(27)23-18(15)29/h4-5,10,15H,6-9,11H2,1-3H3,(H,23,27,29). The van der Waals surface area contributed by atoms with E-state index in [1.54, 1.807) is 26.8 Å². The predicted octanol–water partition coefficient (Wildman–Crippen LogP) is 0.671. The van der Waals surface area contributed by atoms with Gasteiger partial charge in [0.25, 0.3) is 11.8 Å². The van der Waals surface area contributed by atoms with Gasteiger partial charge >= 0.3 is 6.09 Å². The number of fused-ring (bicyclic) bond motifs is 1. The van der Waals surface area contributed by atoms with Crippen LogP contribution in [0.25, 0.3) is 0 Å². The first-order chi connectivity index (χ1) is 15.5. The molecule has 33 heavy (non-hydrogen) atoms. The molecule has 1 aromatic rings. The van der Waals surface area contributed by atoms with Crippen LogP contribution in [0.2, 0.25) is 0 Å². The molecule has 3 aliphatic rings. The summed E-state index contributed by atoms with van der Waals surface area (Å²) in [5.74, 6) is -2.75. The monoisotopic (exact) mass is 456 g/mol. The Labute approximate surface area is 189 Å². The van der Waals surface area contributed by atoms with Crippen molar-refractivity contribution in [2.75, 3.05) is 24.5 Å². The van der Waals surface area contributed by atoms with Crippen molar-refractivity contribution in [1.82, 2.24) is 15.1 Å². The molecule has 1 aromatic carbocycles. The van der Waals surface area contributed by atoms with Gasteiger partial charge < -0.3 is 9.64 Å². The first kappa shape index (κ1) is 22.4. The summed E-state index contributed by atoms with van der Waals surface area (Å²) in [5, 5.41) is 2.15. The summed E-state index contributed by atoms with van der Waals surface area (Å²) in [7, 11) is 0. The second-order valence-electron chi connectivity index (χ2n) is 9.12. The molecule has 3 heterocycles. The molecular formula is C22H24N4O7. The predicted molar refractivity (Wildman–Crippen MR) is 113 cm³/mol. The molecule has 3 aliphatic heterocycles. The van der Waals surface area contributed by atoms with Crippen LogP contribution in [-0.2, 0) is 19.1 Å². The minimum atomic E-state index is -1.06. The highest BCUT2D eigenvalue weighted by atomic mass is 16.6. The van der Waals surface area contributed by atoms with Crippen LogP contribution in [0, 0.1) is 0 Å². The minimum absolute atomic E-state index is 0.0332. The van der Waals surface area contributed by atoms with E-state index in [1.165, 1.54) is 21.9 Å². The number of amides is 6. The number of carbonyl (C=O) groups excluding carboxylic acids is 6. The lowest BCUT2D eigenvalue weighted by Crippen LogP contribution is -2.54. The Hall–Kier alpha value is -3.76. The van der Waals surface area contributed by atoms with Crippen LogP contribution in [-0.4, -0.2) is 76.7 Å². The van der Waals surface area contributed by atoms with Gasteiger partial charge in [-0.05, 0) is 45.4 Å². The third-order valence-electron chi connectivity index (χ3n) is 5.61. The van der Waals surface area contributed by atoms with Gasteiger partial charge in [-0.3, -0.25) is 39.1 Å². The number of piperidine rings is 1. The highest BCUT2D eigenvalue weighted by molar-refractivity contribution is 6.24. The maximum Gasteiger partial charge on any atom is 0.410 e. The molecule has 0 aromatic heterocycles. The van der Waals surface area contributed by atoms with E-state index in [2.05, 4.69) is 5.32 Å². The Bertz CT molecular complexity index is 1090. The van der Waals surface area contributed by atoms with Gasteiger partial charge in [-0.2, -0.15) is 0 Å². The summed E-state index contributed by atoms with van der Waals surface area (Å²) in [6.45, 7) is 5.47. The number of anilines is 1. The molecule has 0 spiro atoms. The fourth-order valence-corrected chi connectivity index (χ4v) is 4.06. The quantitative estimate of drug-likeness (QED) is 0.647. The number of hydrogen-bond acceptors (Lipinski definition) is 7. The summed E-state index contributed by atoms with van der Waals surface area (Å²) < 4.78 is 5.31. The van der Waals surface area contributed by atoms with Crippen molar-refractivity contribution in [3.63, 3.8) is 0 Å². The number of nitrogens with one attached hydrogen (secondary N) is 1. The highest BCUT2D eigenvalue weighted by Gasteiger charge is 2.45. The third kappa shape index (κ3) is 4.18. The van der Waals surface area contributed by atoms with Crippen molar-refractivity contribution >= 4 is 41.3 Å². The topological polar surface area (TPSA) is 133 Å². The number of carbonyl (C=O) groups is 6. The molecule has 11 heteroatoms. The lowest BCUT2D eigenvalue weighted by atomic mass is 10.0. The zero-order chi connectivity index (χ0) is 24.1. The summed E-state index contributed by atoms with van der Waals surface area (Å²) in [4.78, 5) is 78.0. The zero-order valence-electron chi connectivity index (χ0n) is 18.5. The molecule has 1 unspecified atom stereocenters. The summed E-state index contributed by atoms with van der Waals surface area (Å²) in [6, 6.07) is 3.39. The van der Waals surface area contributed by atoms with E-state index in [0.717, 1.165) is 4.90 Å². The van der Waals surface area contributed by atoms with Gasteiger partial charge in [-0.25, -0.2) is 4.79 Å². The van der Waals surface area contributed by atoms with Gasteiger partial charge in [0.15, 0.2) is 0 Å². The molecular weight excluding hydrogens is 432 g/mol. The van der Waals surface area contributed by atoms with Crippen molar-refractivity contribution in [2.45, 2.75) is 45.3 Å². The summed E-state index contributed by atoms with van der Waals surface area (Å²) in [6.07, 6.45) is -0.482. The maximum atomic E-state index is 13.0. The van der Waals surface area contributed by atoms with Crippen molar-refractivity contribution in [2.24, 2.45) is 0 Å². The smallest absolute Gasteiger partial charge is 0.410 e. The van der Waals surface area contributed by atoms with E-state index in [9.17, 15) is 28.8 Å². The first-order valence-electron chi connectivity index (χ1n) is 10.6. The van der Waals surface area contributed by atoms with E-state index in [1.807, 2.05) is 0 Å². The molecule has 2 fully saturated rings. The van der Waals surface area contributed by atoms with Crippen LogP contribution in [0.3, 0.4) is 0 Å². The van der Waals surface area contributed by atoms with E-state index in [-0.39, 0.29) is 49.5 Å². The Kier molecular flexibility index (Phi) is 5.43. The fraction of sp³-hybridized carbons (Fsp3) is 0.455. The van der Waals surface area contributed by atoms with Crippen LogP contribution < -0.4 is 10.2 Å². The molecule has 4 rings (SSSR count). The first-order valence-corrected chi connectivity index (χ1v) is 10.6. The number of rotatable bonds is 2. The van der Waals surface area contributed by atoms with Crippen molar-refractivity contribution in [3.8, 4) is 0 Å². The molecule has 0 saturated carbocycles. The van der Waals surface area contributed by atoms with Crippen molar-refractivity contribution in [1.29, 1.82) is 0 Å². The number of hydrogen-bond donors (Lipinski definition) is 1. The second-order valence-corrected chi connectivity index (χ2v) is 9.12. The third-order valence-corrected chi connectivity index (χ3v) is 5.61. The SMILES string of the molecule is CC(C)(C)OC(=O)N1CCN(c2ccc3c(c2)C(=O)N(C2CCC(=O)NC2=O)C3=O)C(=O)C1. The molecule has 6 amide bonds. The normalized spacial score (nSPS) is 21.4. The Balaban J connectivity index is 1.51. The number of ether oxygens (including phenoxy) is 1. The van der Waals surface area contributed by atoms with Crippen LogP contribution >= 0.6 is 0 Å². The van der Waals surface area contributed by atoms with Crippen LogP contribution in [0.5, 0.6) is 0 Å². The van der Waals surface area contributed by atoms with Gasteiger partial charge in [0.1, 0.15) is 18.2 Å². The average molecular weight is 456 g/mol. The average Bonchev–Trinajstić information content (AvgIpc) is 2.97. The summed E-state index contributed by atoms with van der Waals surface area (Å²) >= 11 is 0. The molecule has 1 N–H and O–H groups in total.